The van der Waals surface area contributed by atoms with E-state index in [-0.39, 0.29) is 0 Å². The lowest BCUT2D eigenvalue weighted by Crippen LogP contribution is -2.04. The van der Waals surface area contributed by atoms with Crippen LogP contribution in [0.1, 0.15) is 53.4 Å². The molecule has 0 fully saturated rings. The van der Waals surface area contributed by atoms with E-state index in [2.05, 4.69) is 50.6 Å². The van der Waals surface area contributed by atoms with Crippen molar-refractivity contribution in [1.82, 2.24) is 0 Å². The molecule has 0 aliphatic rings. The van der Waals surface area contributed by atoms with Crippen molar-refractivity contribution in [2.75, 3.05) is 0 Å². The van der Waals surface area contributed by atoms with Gasteiger partial charge in [-0.25, -0.2) is 0 Å². The van der Waals surface area contributed by atoms with Crippen LogP contribution in [0.25, 0.3) is 0 Å². The average Bonchev–Trinajstić information content (AvgIpc) is 2.33. The van der Waals surface area contributed by atoms with Crippen molar-refractivity contribution in [3.8, 4) is 0 Å². The lowest BCUT2D eigenvalue weighted by molar-refractivity contribution is 0.756. The number of hydrogen-bond acceptors (Lipinski definition) is 1. The van der Waals surface area contributed by atoms with E-state index < -0.39 is 0 Å². The summed E-state index contributed by atoms with van der Waals surface area (Å²) in [7, 11) is 0. The predicted molar refractivity (Wildman–Crippen MR) is 79.5 cm³/mol. The number of rotatable bonds is 8. The largest absolute Gasteiger partial charge is 0.263 e. The van der Waals surface area contributed by atoms with Crippen LogP contribution >= 0.6 is 0 Å². The van der Waals surface area contributed by atoms with Gasteiger partial charge in [-0.15, -0.1) is 6.58 Å². The van der Waals surface area contributed by atoms with Gasteiger partial charge in [0.2, 0.25) is 0 Å². The summed E-state index contributed by atoms with van der Waals surface area (Å²) in [5.41, 5.74) is 2.39. The number of aliphatic imine (C=N–C) groups is 1. The van der Waals surface area contributed by atoms with Gasteiger partial charge in [-0.05, 0) is 45.4 Å². The van der Waals surface area contributed by atoms with E-state index in [4.69, 9.17) is 0 Å². The second-order valence-corrected chi connectivity index (χ2v) is 4.44. The molecule has 0 aromatic rings. The fourth-order valence-corrected chi connectivity index (χ4v) is 1.51. The van der Waals surface area contributed by atoms with Gasteiger partial charge in [0.05, 0.1) is 0 Å². The van der Waals surface area contributed by atoms with Gasteiger partial charge in [0.25, 0.3) is 0 Å². The third-order valence-electron chi connectivity index (χ3n) is 2.71. The molecule has 0 amide bonds. The zero-order valence-electron chi connectivity index (χ0n) is 11.9. The summed E-state index contributed by atoms with van der Waals surface area (Å²) >= 11 is 0. The Morgan fingerprint density at radius 3 is 2.59 bits per heavy atom. The Balaban J connectivity index is 4.45. The van der Waals surface area contributed by atoms with Crippen LogP contribution in [-0.4, -0.2) is 5.71 Å². The van der Waals surface area contributed by atoms with Gasteiger partial charge in [0.15, 0.2) is 0 Å². The normalized spacial score (nSPS) is 15.3. The Labute approximate surface area is 107 Å². The Bertz CT molecular complexity index is 295. The molecule has 0 spiro atoms. The first kappa shape index (κ1) is 15.9. The third-order valence-corrected chi connectivity index (χ3v) is 2.71. The number of nitrogens with zero attached hydrogens (tertiary/aromatic N) is 1. The molecule has 1 atom stereocenters. The lowest BCUT2D eigenvalue weighted by Gasteiger charge is -2.09. The summed E-state index contributed by atoms with van der Waals surface area (Å²) in [5, 5.41) is 0. The van der Waals surface area contributed by atoms with Crippen LogP contribution in [0.3, 0.4) is 0 Å². The summed E-state index contributed by atoms with van der Waals surface area (Å²) in [6.07, 6.45) is 12.8. The second-order valence-electron chi connectivity index (χ2n) is 4.44. The molecule has 0 aliphatic heterocycles. The Morgan fingerprint density at radius 1 is 1.35 bits per heavy atom. The maximum Gasteiger partial charge on any atom is 0.0329 e. The SMILES string of the molecule is C=CC(C)CC(CC/C=C\CC)=N/C(C)=C\C. The van der Waals surface area contributed by atoms with Gasteiger partial charge in [0.1, 0.15) is 0 Å². The Kier molecular flexibility index (Phi) is 9.41. The quantitative estimate of drug-likeness (QED) is 0.398. The van der Waals surface area contributed by atoms with Crippen LogP contribution in [0.4, 0.5) is 0 Å². The van der Waals surface area contributed by atoms with Gasteiger partial charge < -0.3 is 0 Å². The first-order valence-corrected chi connectivity index (χ1v) is 6.60. The highest BCUT2D eigenvalue weighted by Gasteiger charge is 2.03. The van der Waals surface area contributed by atoms with Gasteiger partial charge in [-0.3, -0.25) is 4.99 Å². The van der Waals surface area contributed by atoms with Crippen LogP contribution < -0.4 is 0 Å². The molecule has 1 unspecified atom stereocenters. The van der Waals surface area contributed by atoms with Crippen molar-refractivity contribution in [1.29, 1.82) is 0 Å². The van der Waals surface area contributed by atoms with Gasteiger partial charge >= 0.3 is 0 Å². The van der Waals surface area contributed by atoms with Crippen molar-refractivity contribution in [2.24, 2.45) is 10.9 Å². The maximum atomic E-state index is 4.68. The zero-order chi connectivity index (χ0) is 13.1. The first-order valence-electron chi connectivity index (χ1n) is 6.60. The van der Waals surface area contributed by atoms with Crippen LogP contribution in [0.5, 0.6) is 0 Å². The lowest BCUT2D eigenvalue weighted by atomic mass is 10.0. The molecule has 0 aromatic heterocycles. The van der Waals surface area contributed by atoms with E-state index in [1.54, 1.807) is 0 Å². The molecular weight excluding hydrogens is 206 g/mol. The molecule has 0 bridgehead atoms. The predicted octanol–water partition coefficient (Wildman–Crippen LogP) is 5.31. The van der Waals surface area contributed by atoms with Gasteiger partial charge in [-0.1, -0.05) is 38.2 Å². The minimum absolute atomic E-state index is 0.508. The summed E-state index contributed by atoms with van der Waals surface area (Å²) in [4.78, 5) is 4.68. The minimum Gasteiger partial charge on any atom is -0.263 e. The minimum atomic E-state index is 0.508. The molecule has 0 aromatic carbocycles. The highest BCUT2D eigenvalue weighted by molar-refractivity contribution is 5.85. The van der Waals surface area contributed by atoms with Crippen molar-refractivity contribution in [3.05, 3.63) is 36.6 Å². The van der Waals surface area contributed by atoms with Crippen molar-refractivity contribution < 1.29 is 0 Å². The zero-order valence-corrected chi connectivity index (χ0v) is 11.9. The number of hydrogen-bond donors (Lipinski definition) is 0. The molecule has 0 radical (unpaired) electrons. The van der Waals surface area contributed by atoms with Crippen LogP contribution in [-0.2, 0) is 0 Å². The van der Waals surface area contributed by atoms with Crippen LogP contribution in [0.2, 0.25) is 0 Å². The smallest absolute Gasteiger partial charge is 0.0329 e. The van der Waals surface area contributed by atoms with Crippen molar-refractivity contribution in [2.45, 2.75) is 53.4 Å². The van der Waals surface area contributed by atoms with E-state index in [9.17, 15) is 0 Å². The summed E-state index contributed by atoms with van der Waals surface area (Å²) in [6.45, 7) is 12.3. The molecule has 1 nitrogen and oxygen atoms in total. The second kappa shape index (κ2) is 10.1. The number of allylic oxidation sites excluding steroid dienone is 5. The fourth-order valence-electron chi connectivity index (χ4n) is 1.51. The average molecular weight is 233 g/mol. The van der Waals surface area contributed by atoms with E-state index >= 15 is 0 Å². The highest BCUT2D eigenvalue weighted by Crippen LogP contribution is 2.11. The molecule has 0 aliphatic carbocycles. The molecule has 0 heterocycles. The van der Waals surface area contributed by atoms with Crippen LogP contribution in [0, 0.1) is 5.92 Å². The molecule has 0 rings (SSSR count). The van der Waals surface area contributed by atoms with E-state index in [1.807, 2.05) is 13.0 Å². The standard InChI is InChI=1S/C16H27N/c1-6-9-10-11-12-16(13-14(4)7-2)17-15(5)8-3/h7-10,14H,2,6,11-13H2,1,3-5H3/b10-9-,15-8-,17-16?. The summed E-state index contributed by atoms with van der Waals surface area (Å²) < 4.78 is 0. The molecular formula is C16H27N. The third kappa shape index (κ3) is 8.67. The topological polar surface area (TPSA) is 12.4 Å². The molecule has 17 heavy (non-hydrogen) atoms. The molecule has 96 valence electrons. The monoisotopic (exact) mass is 233 g/mol. The molecule has 0 N–H and O–H groups in total. The molecule has 0 saturated heterocycles. The van der Waals surface area contributed by atoms with E-state index in [0.717, 1.165) is 31.4 Å². The maximum absolute atomic E-state index is 4.68. The van der Waals surface area contributed by atoms with Crippen molar-refractivity contribution >= 4 is 5.71 Å². The Hall–Kier alpha value is -1.11. The Morgan fingerprint density at radius 2 is 2.06 bits per heavy atom. The highest BCUT2D eigenvalue weighted by atomic mass is 14.7. The van der Waals surface area contributed by atoms with Gasteiger partial charge in [-0.2, -0.15) is 0 Å². The fraction of sp³-hybridized carbons (Fsp3) is 0.562. The first-order chi connectivity index (χ1) is 8.13. The van der Waals surface area contributed by atoms with E-state index in [1.165, 1.54) is 5.71 Å². The van der Waals surface area contributed by atoms with E-state index in [0.29, 0.717) is 5.92 Å². The summed E-state index contributed by atoms with van der Waals surface area (Å²) in [6, 6.07) is 0. The van der Waals surface area contributed by atoms with Crippen LogP contribution in [0.15, 0.2) is 41.6 Å². The van der Waals surface area contributed by atoms with Gasteiger partial charge in [0, 0.05) is 11.4 Å². The van der Waals surface area contributed by atoms with Crippen molar-refractivity contribution in [3.63, 3.8) is 0 Å². The molecule has 1 heteroatoms. The summed E-state index contributed by atoms with van der Waals surface area (Å²) in [5.74, 6) is 0.508. The molecule has 0 saturated carbocycles.